The van der Waals surface area contributed by atoms with Gasteiger partial charge in [0.05, 0.1) is 29.2 Å². The van der Waals surface area contributed by atoms with Crippen LogP contribution in [0.2, 0.25) is 5.02 Å². The molecule has 2 N–H and O–H groups in total. The Kier molecular flexibility index (Phi) is 6.01. The number of para-hydroxylation sites is 1. The summed E-state index contributed by atoms with van der Waals surface area (Å²) in [6, 6.07) is 15.8. The molecule has 0 saturated heterocycles. The van der Waals surface area contributed by atoms with Crippen molar-refractivity contribution in [3.05, 3.63) is 76.8 Å². The Balaban J connectivity index is 1.72. The van der Waals surface area contributed by atoms with E-state index >= 15 is 0 Å². The number of amides is 2. The van der Waals surface area contributed by atoms with Gasteiger partial charge < -0.3 is 10.1 Å². The van der Waals surface area contributed by atoms with Gasteiger partial charge in [-0.05, 0) is 48.9 Å². The molecule has 0 saturated carbocycles. The van der Waals surface area contributed by atoms with Crippen LogP contribution in [0.15, 0.2) is 65.6 Å². The van der Waals surface area contributed by atoms with Crippen molar-refractivity contribution in [1.82, 2.24) is 0 Å². The van der Waals surface area contributed by atoms with Crippen LogP contribution >= 0.6 is 11.6 Å². The number of rotatable bonds is 5. The highest BCUT2D eigenvalue weighted by Gasteiger charge is 2.29. The van der Waals surface area contributed by atoms with Gasteiger partial charge >= 0.3 is 0 Å². The largest absolute Gasteiger partial charge is 0.497 e. The van der Waals surface area contributed by atoms with Gasteiger partial charge in [0.15, 0.2) is 0 Å². The van der Waals surface area contributed by atoms with Crippen LogP contribution in [0, 0.1) is 6.92 Å². The molecule has 0 radical (unpaired) electrons. The lowest BCUT2D eigenvalue weighted by molar-refractivity contribution is -0.115. The second-order valence-corrected chi connectivity index (χ2v) is 9.45. The molecule has 0 atom stereocenters. The lowest BCUT2D eigenvalue weighted by Gasteiger charge is -2.29. The fourth-order valence-corrected chi connectivity index (χ4v) is 5.11. The first-order chi connectivity index (χ1) is 15.7. The van der Waals surface area contributed by atoms with E-state index in [0.29, 0.717) is 22.8 Å². The van der Waals surface area contributed by atoms with E-state index in [1.807, 2.05) is 0 Å². The maximum absolute atomic E-state index is 13.4. The van der Waals surface area contributed by atoms with Crippen molar-refractivity contribution in [3.63, 3.8) is 0 Å². The van der Waals surface area contributed by atoms with Crippen LogP contribution in [0.3, 0.4) is 0 Å². The van der Waals surface area contributed by atoms with Gasteiger partial charge in [0.25, 0.3) is 15.9 Å². The highest BCUT2D eigenvalue weighted by molar-refractivity contribution is 7.92. The Morgan fingerprint density at radius 2 is 1.88 bits per heavy atom. The number of aryl methyl sites for hydroxylation is 1. The minimum Gasteiger partial charge on any atom is -0.497 e. The highest BCUT2D eigenvalue weighted by atomic mass is 35.5. The minimum atomic E-state index is -4.09. The molecule has 1 aliphatic heterocycles. The van der Waals surface area contributed by atoms with Crippen molar-refractivity contribution >= 4 is 50.5 Å². The molecule has 170 valence electrons. The maximum Gasteiger partial charge on any atom is 0.263 e. The number of carbonyl (C=O) groups excluding carboxylic acids is 2. The number of hydrogen-bond donors (Lipinski definition) is 2. The van der Waals surface area contributed by atoms with Gasteiger partial charge in [-0.15, -0.1) is 0 Å². The van der Waals surface area contributed by atoms with E-state index in [2.05, 4.69) is 10.0 Å². The molecule has 33 heavy (non-hydrogen) atoms. The molecule has 0 aliphatic carbocycles. The highest BCUT2D eigenvalue weighted by Crippen LogP contribution is 2.35. The summed E-state index contributed by atoms with van der Waals surface area (Å²) in [7, 11) is -2.59. The third-order valence-corrected chi connectivity index (χ3v) is 7.02. The summed E-state index contributed by atoms with van der Waals surface area (Å²) in [5.41, 5.74) is 2.08. The molecule has 0 bridgehead atoms. The molecule has 2 amide bonds. The van der Waals surface area contributed by atoms with E-state index < -0.39 is 15.9 Å². The predicted octanol–water partition coefficient (Wildman–Crippen LogP) is 4.06. The van der Waals surface area contributed by atoms with Crippen molar-refractivity contribution in [3.8, 4) is 5.75 Å². The smallest absolute Gasteiger partial charge is 0.263 e. The summed E-state index contributed by atoms with van der Waals surface area (Å²) in [6.07, 6.45) is 0. The third kappa shape index (κ3) is 4.50. The molecule has 0 spiro atoms. The number of fused-ring (bicyclic) bond motifs is 1. The minimum absolute atomic E-state index is 0.0360. The quantitative estimate of drug-likeness (QED) is 0.567. The van der Waals surface area contributed by atoms with E-state index in [9.17, 15) is 18.0 Å². The molecule has 3 aromatic carbocycles. The molecular formula is C23H20ClN3O5S. The van der Waals surface area contributed by atoms with E-state index in [0.717, 1.165) is 5.56 Å². The van der Waals surface area contributed by atoms with Crippen molar-refractivity contribution in [1.29, 1.82) is 0 Å². The summed E-state index contributed by atoms with van der Waals surface area (Å²) < 4.78 is 33.9. The topological polar surface area (TPSA) is 105 Å². The Labute approximate surface area is 196 Å². The number of methoxy groups -OCH3 is 1. The maximum atomic E-state index is 13.4. The average Bonchev–Trinajstić information content (AvgIpc) is 2.79. The zero-order valence-electron chi connectivity index (χ0n) is 17.8. The zero-order chi connectivity index (χ0) is 23.8. The molecule has 1 heterocycles. The standard InChI is InChI=1S/C23H20ClN3O5S/c1-14-5-3-4-6-18(14)26-33(30,31)21-11-15(7-9-17(21)24)23(29)27-13-22(28)25-19-10-8-16(32-2)12-20(19)27/h3-12,26H,13H2,1-2H3,(H,25,28). The summed E-state index contributed by atoms with van der Waals surface area (Å²) in [6.45, 7) is 1.54. The van der Waals surface area contributed by atoms with Crippen LogP contribution in [-0.4, -0.2) is 33.9 Å². The summed E-state index contributed by atoms with van der Waals surface area (Å²) >= 11 is 6.20. The van der Waals surface area contributed by atoms with Gasteiger partial charge in [0.2, 0.25) is 5.91 Å². The van der Waals surface area contributed by atoms with Gasteiger partial charge in [-0.1, -0.05) is 29.8 Å². The normalized spacial score (nSPS) is 13.2. The summed E-state index contributed by atoms with van der Waals surface area (Å²) in [5.74, 6) is -0.420. The van der Waals surface area contributed by atoms with E-state index in [1.54, 1.807) is 49.4 Å². The van der Waals surface area contributed by atoms with Gasteiger partial charge in [-0.25, -0.2) is 8.42 Å². The van der Waals surface area contributed by atoms with Crippen molar-refractivity contribution in [2.75, 3.05) is 28.6 Å². The second kappa shape index (κ2) is 8.76. The predicted molar refractivity (Wildman–Crippen MR) is 127 cm³/mol. The number of hydrogen-bond acceptors (Lipinski definition) is 5. The first-order valence-corrected chi connectivity index (χ1v) is 11.7. The molecule has 8 nitrogen and oxygen atoms in total. The molecule has 0 fully saturated rings. The molecule has 0 unspecified atom stereocenters. The van der Waals surface area contributed by atoms with Crippen LogP contribution in [0.5, 0.6) is 5.75 Å². The number of sulfonamides is 1. The lowest BCUT2D eigenvalue weighted by Crippen LogP contribution is -2.42. The molecule has 1 aliphatic rings. The van der Waals surface area contributed by atoms with E-state index in [-0.39, 0.29) is 27.9 Å². The van der Waals surface area contributed by atoms with Crippen LogP contribution < -0.4 is 19.7 Å². The van der Waals surface area contributed by atoms with Crippen LogP contribution in [0.4, 0.5) is 17.1 Å². The fourth-order valence-electron chi connectivity index (χ4n) is 3.45. The molecule has 4 rings (SSSR count). The average molecular weight is 486 g/mol. The summed E-state index contributed by atoms with van der Waals surface area (Å²) in [5, 5.41) is 2.67. The van der Waals surface area contributed by atoms with Gasteiger partial charge in [-0.2, -0.15) is 0 Å². The Bertz CT molecular complexity index is 1370. The van der Waals surface area contributed by atoms with Crippen LogP contribution in [0.25, 0.3) is 0 Å². The number of halogens is 1. The van der Waals surface area contributed by atoms with E-state index in [4.69, 9.17) is 16.3 Å². The Morgan fingerprint density at radius 1 is 1.12 bits per heavy atom. The number of nitrogens with zero attached hydrogens (tertiary/aromatic N) is 1. The number of ether oxygens (including phenoxy) is 1. The molecule has 3 aromatic rings. The zero-order valence-corrected chi connectivity index (χ0v) is 19.3. The number of nitrogens with one attached hydrogen (secondary N) is 2. The van der Waals surface area contributed by atoms with Crippen molar-refractivity contribution in [2.45, 2.75) is 11.8 Å². The fraction of sp³-hybridized carbons (Fsp3) is 0.130. The van der Waals surface area contributed by atoms with Gasteiger partial charge in [0.1, 0.15) is 17.2 Å². The van der Waals surface area contributed by atoms with Crippen LogP contribution in [0.1, 0.15) is 15.9 Å². The van der Waals surface area contributed by atoms with Crippen LogP contribution in [-0.2, 0) is 14.8 Å². The van der Waals surface area contributed by atoms with Crippen molar-refractivity contribution in [2.24, 2.45) is 0 Å². The third-order valence-electron chi connectivity index (χ3n) is 5.17. The number of anilines is 3. The van der Waals surface area contributed by atoms with Crippen molar-refractivity contribution < 1.29 is 22.7 Å². The second-order valence-electron chi connectivity index (χ2n) is 7.39. The number of benzene rings is 3. The SMILES string of the molecule is COc1ccc2c(c1)N(C(=O)c1ccc(Cl)c(S(=O)(=O)Nc3ccccc3C)c1)CC(=O)N2. The molecular weight excluding hydrogens is 466 g/mol. The first kappa shape index (κ1) is 22.6. The molecule has 0 aromatic heterocycles. The van der Waals surface area contributed by atoms with Gasteiger partial charge in [0, 0.05) is 11.6 Å². The first-order valence-electron chi connectivity index (χ1n) is 9.87. The molecule has 10 heteroatoms. The monoisotopic (exact) mass is 485 g/mol. The summed E-state index contributed by atoms with van der Waals surface area (Å²) in [4.78, 5) is 26.6. The van der Waals surface area contributed by atoms with E-state index in [1.165, 1.54) is 30.2 Å². The van der Waals surface area contributed by atoms with Gasteiger partial charge in [-0.3, -0.25) is 19.2 Å². The lowest BCUT2D eigenvalue weighted by atomic mass is 10.1. The number of carbonyl (C=O) groups is 2. The Hall–Kier alpha value is -3.56. The Morgan fingerprint density at radius 3 is 2.61 bits per heavy atom.